The van der Waals surface area contributed by atoms with Gasteiger partial charge in [0.15, 0.2) is 5.82 Å². The lowest BCUT2D eigenvalue weighted by atomic mass is 9.98. The number of aromatic nitrogens is 2. The Morgan fingerprint density at radius 2 is 1.47 bits per heavy atom. The Balaban J connectivity index is 1.36. The van der Waals surface area contributed by atoms with Crippen LogP contribution in [-0.4, -0.2) is 34.6 Å². The molecule has 0 radical (unpaired) electrons. The molecule has 36 heavy (non-hydrogen) atoms. The molecule has 1 aliphatic heterocycles. The van der Waals surface area contributed by atoms with Gasteiger partial charge in [0.25, 0.3) is 0 Å². The number of hydrogen-bond donors (Lipinski definition) is 0. The van der Waals surface area contributed by atoms with Crippen LogP contribution in [0, 0.1) is 12.8 Å². The molecule has 186 valence electrons. The third-order valence-electron chi connectivity index (χ3n) is 7.35. The van der Waals surface area contributed by atoms with Crippen LogP contribution in [-0.2, 0) is 16.0 Å². The number of rotatable bonds is 8. The summed E-state index contributed by atoms with van der Waals surface area (Å²) in [6.45, 7) is 3.96. The number of halogens is 1. The Hall–Kier alpha value is -3.05. The predicted molar refractivity (Wildman–Crippen MR) is 144 cm³/mol. The fourth-order valence-corrected chi connectivity index (χ4v) is 5.42. The zero-order chi connectivity index (χ0) is 25.1. The van der Waals surface area contributed by atoms with E-state index < -0.39 is 0 Å². The standard InChI is InChI=1S/C30H32ClN3O2/c1-20-8-10-21(11-9-20)29-28(22-12-14-23(31)15-13-22)32-25-7-5-19-34(30(25)33-29)18-4-2-3-6-24-26(35)16-17-27(24)36/h8-15,24H,2-7,16-19H2,1H3. The fraction of sp³-hybridized carbons (Fsp3) is 0.400. The number of carbonyl (C=O) groups is 2. The highest BCUT2D eigenvalue weighted by atomic mass is 35.5. The van der Waals surface area contributed by atoms with Crippen LogP contribution in [0.25, 0.3) is 22.5 Å². The summed E-state index contributed by atoms with van der Waals surface area (Å²) in [7, 11) is 0. The van der Waals surface area contributed by atoms with E-state index in [4.69, 9.17) is 21.6 Å². The number of fused-ring (bicyclic) bond motifs is 1. The third-order valence-corrected chi connectivity index (χ3v) is 7.60. The molecule has 6 heteroatoms. The summed E-state index contributed by atoms with van der Waals surface area (Å²) in [6.07, 6.45) is 6.48. The van der Waals surface area contributed by atoms with Crippen molar-refractivity contribution in [3.63, 3.8) is 0 Å². The number of unbranched alkanes of at least 4 members (excludes halogenated alkanes) is 2. The number of benzene rings is 2. The van der Waals surface area contributed by atoms with Gasteiger partial charge in [-0.1, -0.05) is 66.4 Å². The molecule has 1 aromatic heterocycles. The minimum atomic E-state index is -0.338. The van der Waals surface area contributed by atoms with E-state index in [2.05, 4.69) is 36.1 Å². The highest BCUT2D eigenvalue weighted by molar-refractivity contribution is 6.30. The monoisotopic (exact) mass is 501 g/mol. The second-order valence-corrected chi connectivity index (χ2v) is 10.4. The highest BCUT2D eigenvalue weighted by Crippen LogP contribution is 2.35. The Kier molecular flexibility index (Phi) is 7.47. The van der Waals surface area contributed by atoms with E-state index in [1.54, 1.807) is 0 Å². The molecule has 0 bridgehead atoms. The van der Waals surface area contributed by atoms with Gasteiger partial charge in [-0.25, -0.2) is 9.97 Å². The molecular formula is C30H32ClN3O2. The molecule has 2 heterocycles. The summed E-state index contributed by atoms with van der Waals surface area (Å²) in [5, 5.41) is 0.703. The second-order valence-electron chi connectivity index (χ2n) is 9.99. The first-order chi connectivity index (χ1) is 17.5. The minimum absolute atomic E-state index is 0.139. The lowest BCUT2D eigenvalue weighted by Crippen LogP contribution is -2.32. The Morgan fingerprint density at radius 3 is 2.17 bits per heavy atom. The summed E-state index contributed by atoms with van der Waals surface area (Å²) >= 11 is 6.15. The van der Waals surface area contributed by atoms with E-state index in [9.17, 15) is 9.59 Å². The molecule has 0 saturated heterocycles. The van der Waals surface area contributed by atoms with Gasteiger partial charge >= 0.3 is 0 Å². The van der Waals surface area contributed by atoms with Crippen LogP contribution in [0.15, 0.2) is 48.5 Å². The van der Waals surface area contributed by atoms with Gasteiger partial charge in [-0.2, -0.15) is 0 Å². The molecule has 2 aliphatic rings. The van der Waals surface area contributed by atoms with E-state index in [-0.39, 0.29) is 17.5 Å². The van der Waals surface area contributed by atoms with Crippen LogP contribution < -0.4 is 4.90 Å². The molecule has 0 unspecified atom stereocenters. The van der Waals surface area contributed by atoms with Crippen molar-refractivity contribution in [2.24, 2.45) is 5.92 Å². The van der Waals surface area contributed by atoms with Gasteiger partial charge < -0.3 is 4.90 Å². The lowest BCUT2D eigenvalue weighted by molar-refractivity contribution is -0.127. The van der Waals surface area contributed by atoms with Crippen LogP contribution in [0.2, 0.25) is 5.02 Å². The highest BCUT2D eigenvalue weighted by Gasteiger charge is 2.32. The maximum atomic E-state index is 11.9. The maximum absolute atomic E-state index is 11.9. The van der Waals surface area contributed by atoms with E-state index in [0.717, 1.165) is 79.2 Å². The van der Waals surface area contributed by atoms with Gasteiger partial charge in [0, 0.05) is 42.1 Å². The van der Waals surface area contributed by atoms with Crippen LogP contribution in [0.4, 0.5) is 5.82 Å². The maximum Gasteiger partial charge on any atom is 0.151 e. The molecule has 1 aliphatic carbocycles. The number of anilines is 1. The largest absolute Gasteiger partial charge is 0.355 e. The summed E-state index contributed by atoms with van der Waals surface area (Å²) in [5.74, 6) is 0.923. The zero-order valence-electron chi connectivity index (χ0n) is 20.8. The first-order valence-corrected chi connectivity index (χ1v) is 13.4. The van der Waals surface area contributed by atoms with Gasteiger partial charge in [-0.15, -0.1) is 0 Å². The smallest absolute Gasteiger partial charge is 0.151 e. The quantitative estimate of drug-likeness (QED) is 0.256. The zero-order valence-corrected chi connectivity index (χ0v) is 21.6. The Morgan fingerprint density at radius 1 is 0.833 bits per heavy atom. The Bertz CT molecular complexity index is 1240. The molecule has 5 rings (SSSR count). The molecule has 0 atom stereocenters. The number of Topliss-reactive ketones (excluding diaryl/α,β-unsaturated/α-hetero) is 2. The number of nitrogens with zero attached hydrogens (tertiary/aromatic N) is 3. The van der Waals surface area contributed by atoms with Crippen LogP contribution in [0.1, 0.15) is 56.2 Å². The molecule has 1 fully saturated rings. The molecule has 0 spiro atoms. The number of carbonyl (C=O) groups excluding carboxylic acids is 2. The molecule has 5 nitrogen and oxygen atoms in total. The van der Waals surface area contributed by atoms with Crippen molar-refractivity contribution in [2.45, 2.75) is 58.3 Å². The average Bonchev–Trinajstić information content (AvgIpc) is 3.21. The van der Waals surface area contributed by atoms with Crippen LogP contribution >= 0.6 is 11.6 Å². The van der Waals surface area contributed by atoms with Gasteiger partial charge in [-0.05, 0) is 44.7 Å². The van der Waals surface area contributed by atoms with Crippen molar-refractivity contribution in [3.05, 3.63) is 64.8 Å². The fourth-order valence-electron chi connectivity index (χ4n) is 5.29. The molecule has 1 saturated carbocycles. The van der Waals surface area contributed by atoms with Gasteiger partial charge in [0.1, 0.15) is 11.6 Å². The molecule has 0 amide bonds. The molecule has 2 aromatic carbocycles. The normalized spacial score (nSPS) is 16.0. The molecule has 3 aromatic rings. The predicted octanol–water partition coefficient (Wildman–Crippen LogP) is 6.63. The first kappa shape index (κ1) is 24.6. The van der Waals surface area contributed by atoms with E-state index in [1.165, 1.54) is 5.56 Å². The van der Waals surface area contributed by atoms with E-state index in [1.807, 2.05) is 24.3 Å². The van der Waals surface area contributed by atoms with Crippen LogP contribution in [0.3, 0.4) is 0 Å². The van der Waals surface area contributed by atoms with Crippen molar-refractivity contribution < 1.29 is 9.59 Å². The van der Waals surface area contributed by atoms with Crippen molar-refractivity contribution in [1.29, 1.82) is 0 Å². The van der Waals surface area contributed by atoms with Crippen molar-refractivity contribution in [2.75, 3.05) is 18.0 Å². The molecular weight excluding hydrogens is 470 g/mol. The number of aryl methyl sites for hydroxylation is 2. The van der Waals surface area contributed by atoms with Gasteiger partial charge in [-0.3, -0.25) is 9.59 Å². The lowest BCUT2D eigenvalue weighted by Gasteiger charge is -2.30. The van der Waals surface area contributed by atoms with Gasteiger partial charge in [0.2, 0.25) is 0 Å². The minimum Gasteiger partial charge on any atom is -0.355 e. The van der Waals surface area contributed by atoms with Crippen molar-refractivity contribution >= 4 is 29.0 Å². The topological polar surface area (TPSA) is 63.2 Å². The van der Waals surface area contributed by atoms with Crippen LogP contribution in [0.5, 0.6) is 0 Å². The Labute approximate surface area is 217 Å². The number of hydrogen-bond acceptors (Lipinski definition) is 5. The number of ketones is 2. The van der Waals surface area contributed by atoms with E-state index in [0.29, 0.717) is 24.3 Å². The van der Waals surface area contributed by atoms with Crippen molar-refractivity contribution in [1.82, 2.24) is 9.97 Å². The summed E-state index contributed by atoms with van der Waals surface area (Å²) in [4.78, 5) is 36.5. The molecule has 0 N–H and O–H groups in total. The SMILES string of the molecule is Cc1ccc(-c2nc3c(nc2-c2ccc(Cl)cc2)CCCN3CCCCCC2C(=O)CCC2=O)cc1. The van der Waals surface area contributed by atoms with E-state index >= 15 is 0 Å². The first-order valence-electron chi connectivity index (χ1n) is 13.0. The second kappa shape index (κ2) is 10.9. The average molecular weight is 502 g/mol. The van der Waals surface area contributed by atoms with Gasteiger partial charge in [0.05, 0.1) is 23.0 Å². The summed E-state index contributed by atoms with van der Waals surface area (Å²) < 4.78 is 0. The van der Waals surface area contributed by atoms with Crippen molar-refractivity contribution in [3.8, 4) is 22.5 Å². The third kappa shape index (κ3) is 5.36. The summed E-state index contributed by atoms with van der Waals surface area (Å²) in [6, 6.07) is 16.3. The summed E-state index contributed by atoms with van der Waals surface area (Å²) in [5.41, 5.74) is 6.10.